The maximum Gasteiger partial charge on any atom is 0.337 e. The molecular formula is C27H30N2O7. The van der Waals surface area contributed by atoms with E-state index in [1.807, 2.05) is 0 Å². The summed E-state index contributed by atoms with van der Waals surface area (Å²) in [4.78, 5) is 41.0. The van der Waals surface area contributed by atoms with Crippen molar-refractivity contribution in [1.29, 1.82) is 0 Å². The number of ether oxygens (including phenoxy) is 3. The zero-order chi connectivity index (χ0) is 25.7. The number of ketones is 1. The summed E-state index contributed by atoms with van der Waals surface area (Å²) < 4.78 is 15.3. The molecule has 2 aliphatic rings. The summed E-state index contributed by atoms with van der Waals surface area (Å²) in [5.74, 6) is -1.90. The minimum absolute atomic E-state index is 0.0882. The highest BCUT2D eigenvalue weighted by Crippen LogP contribution is 2.39. The van der Waals surface area contributed by atoms with Gasteiger partial charge in [-0.05, 0) is 35.4 Å². The van der Waals surface area contributed by atoms with Crippen molar-refractivity contribution in [2.75, 3.05) is 53.6 Å². The molecule has 2 aromatic carbocycles. The van der Waals surface area contributed by atoms with E-state index in [9.17, 15) is 19.5 Å². The van der Waals surface area contributed by atoms with E-state index in [0.29, 0.717) is 48.6 Å². The first-order valence-electron chi connectivity index (χ1n) is 11.9. The number of rotatable bonds is 8. The smallest absolute Gasteiger partial charge is 0.337 e. The average Bonchev–Trinajstić information content (AvgIpc) is 3.18. The van der Waals surface area contributed by atoms with Crippen LogP contribution >= 0.6 is 0 Å². The standard InChI is InChI=1S/C27H30N2O7/c1-34-21-10-8-19(9-11-21)24(30)22-23(18-4-6-20(7-5-18)27(33)35-2)29(26(32)25(22)31)13-3-12-28-14-16-36-17-15-28/h4-11,23,30H,3,12-17H2,1-2H3. The highest BCUT2D eigenvalue weighted by Gasteiger charge is 2.44. The molecule has 1 N–H and O–H groups in total. The molecule has 1 amide bonds. The van der Waals surface area contributed by atoms with E-state index >= 15 is 0 Å². The Morgan fingerprint density at radius 1 is 1.03 bits per heavy atom. The molecule has 4 rings (SSSR count). The van der Waals surface area contributed by atoms with Crippen molar-refractivity contribution >= 4 is 23.4 Å². The molecule has 2 heterocycles. The number of morpholine rings is 1. The van der Waals surface area contributed by atoms with Gasteiger partial charge in [0, 0.05) is 18.5 Å². The van der Waals surface area contributed by atoms with Crippen LogP contribution in [0.4, 0.5) is 0 Å². The number of carbonyl (C=O) groups excluding carboxylic acids is 3. The zero-order valence-corrected chi connectivity index (χ0v) is 20.5. The van der Waals surface area contributed by atoms with Crippen LogP contribution in [0, 0.1) is 0 Å². The second kappa shape index (κ2) is 11.4. The number of nitrogens with one attached hydrogen (secondary N) is 1. The number of quaternary nitrogens is 1. The number of Topliss-reactive ketones (excluding diaryl/α,β-unsaturated/α-hetero) is 1. The number of hydrogen-bond acceptors (Lipinski definition) is 7. The number of nitrogens with zero attached hydrogens (tertiary/aromatic N) is 1. The van der Waals surface area contributed by atoms with Gasteiger partial charge in [-0.1, -0.05) is 30.0 Å². The van der Waals surface area contributed by atoms with Crippen molar-refractivity contribution in [3.05, 3.63) is 70.8 Å². The van der Waals surface area contributed by atoms with Gasteiger partial charge in [-0.2, -0.15) is 0 Å². The third kappa shape index (κ3) is 5.27. The van der Waals surface area contributed by atoms with E-state index in [1.165, 1.54) is 24.0 Å². The third-order valence-electron chi connectivity index (χ3n) is 6.66. The molecule has 36 heavy (non-hydrogen) atoms. The fourth-order valence-corrected chi connectivity index (χ4v) is 4.67. The second-order valence-electron chi connectivity index (χ2n) is 8.78. The number of esters is 1. The van der Waals surface area contributed by atoms with Crippen LogP contribution in [0.5, 0.6) is 5.75 Å². The average molecular weight is 495 g/mol. The van der Waals surface area contributed by atoms with E-state index in [1.54, 1.807) is 48.5 Å². The van der Waals surface area contributed by atoms with Crippen molar-refractivity contribution in [1.82, 2.24) is 4.90 Å². The fourth-order valence-electron chi connectivity index (χ4n) is 4.67. The van der Waals surface area contributed by atoms with Crippen molar-refractivity contribution in [3.63, 3.8) is 0 Å². The number of hydrogen-bond donors (Lipinski definition) is 1. The lowest BCUT2D eigenvalue weighted by molar-refractivity contribution is -0.908. The van der Waals surface area contributed by atoms with Crippen molar-refractivity contribution in [2.45, 2.75) is 12.5 Å². The van der Waals surface area contributed by atoms with E-state index in [0.717, 1.165) is 19.6 Å². The molecule has 9 nitrogen and oxygen atoms in total. The Bertz CT molecular complexity index is 1140. The van der Waals surface area contributed by atoms with E-state index in [4.69, 9.17) is 14.2 Å². The molecular weight excluding hydrogens is 464 g/mol. The summed E-state index contributed by atoms with van der Waals surface area (Å²) in [6.07, 6.45) is 0.676. The van der Waals surface area contributed by atoms with Crippen LogP contribution in [0.15, 0.2) is 54.1 Å². The summed E-state index contributed by atoms with van der Waals surface area (Å²) in [6, 6.07) is 12.0. The van der Waals surface area contributed by atoms with Gasteiger partial charge >= 0.3 is 5.97 Å². The van der Waals surface area contributed by atoms with Gasteiger partial charge in [0.2, 0.25) is 5.78 Å². The SMILES string of the molecule is COC(=O)c1ccc(C2C(=C([O-])c3ccc(OC)cc3)C(=O)C(=O)N2CCC[NH+]2CCOCC2)cc1. The van der Waals surface area contributed by atoms with Crippen molar-refractivity contribution < 1.29 is 38.6 Å². The zero-order valence-electron chi connectivity index (χ0n) is 20.5. The highest BCUT2D eigenvalue weighted by atomic mass is 16.5. The molecule has 0 aliphatic carbocycles. The summed E-state index contributed by atoms with van der Waals surface area (Å²) in [5.41, 5.74) is 1.12. The van der Waals surface area contributed by atoms with E-state index in [-0.39, 0.29) is 5.57 Å². The molecule has 2 saturated heterocycles. The number of carbonyl (C=O) groups is 3. The Balaban J connectivity index is 1.68. The van der Waals surface area contributed by atoms with Gasteiger partial charge in [-0.25, -0.2) is 4.79 Å². The van der Waals surface area contributed by atoms with Crippen LogP contribution in [-0.2, 0) is 19.1 Å². The number of benzene rings is 2. The summed E-state index contributed by atoms with van der Waals surface area (Å²) in [5, 5.41) is 13.5. The normalized spacial score (nSPS) is 19.9. The van der Waals surface area contributed by atoms with Crippen molar-refractivity contribution in [2.24, 2.45) is 0 Å². The topological polar surface area (TPSA) is 110 Å². The van der Waals surface area contributed by atoms with Crippen LogP contribution in [0.2, 0.25) is 0 Å². The first kappa shape index (κ1) is 25.4. The number of amides is 1. The Kier molecular flexibility index (Phi) is 8.02. The Morgan fingerprint density at radius 2 is 1.67 bits per heavy atom. The van der Waals surface area contributed by atoms with Crippen LogP contribution in [0.1, 0.15) is 33.9 Å². The Morgan fingerprint density at radius 3 is 2.28 bits per heavy atom. The largest absolute Gasteiger partial charge is 0.872 e. The maximum atomic E-state index is 13.5. The van der Waals surface area contributed by atoms with Gasteiger partial charge < -0.3 is 29.1 Å². The van der Waals surface area contributed by atoms with Gasteiger partial charge in [0.05, 0.1) is 45.6 Å². The fraction of sp³-hybridized carbons (Fsp3) is 0.370. The van der Waals surface area contributed by atoms with Gasteiger partial charge in [0.15, 0.2) is 0 Å². The predicted octanol–water partition coefficient (Wildman–Crippen LogP) is 0.0110. The Labute approximate surface area is 209 Å². The second-order valence-corrected chi connectivity index (χ2v) is 8.78. The molecule has 0 saturated carbocycles. The minimum atomic E-state index is -0.842. The van der Waals surface area contributed by atoms with Crippen LogP contribution in [0.3, 0.4) is 0 Å². The van der Waals surface area contributed by atoms with Gasteiger partial charge in [0.1, 0.15) is 18.8 Å². The number of likely N-dealkylation sites (tertiary alicyclic amines) is 1. The molecule has 0 spiro atoms. The lowest BCUT2D eigenvalue weighted by Crippen LogP contribution is -3.14. The summed E-state index contributed by atoms with van der Waals surface area (Å²) in [6.45, 7) is 4.38. The maximum absolute atomic E-state index is 13.5. The predicted molar refractivity (Wildman–Crippen MR) is 128 cm³/mol. The van der Waals surface area contributed by atoms with E-state index in [2.05, 4.69) is 0 Å². The van der Waals surface area contributed by atoms with Gasteiger partial charge in [0.25, 0.3) is 5.91 Å². The molecule has 2 aliphatic heterocycles. The first-order chi connectivity index (χ1) is 17.4. The summed E-state index contributed by atoms with van der Waals surface area (Å²) >= 11 is 0. The Hall–Kier alpha value is -3.69. The molecule has 1 unspecified atom stereocenters. The first-order valence-corrected chi connectivity index (χ1v) is 11.9. The summed E-state index contributed by atoms with van der Waals surface area (Å²) in [7, 11) is 2.82. The van der Waals surface area contributed by atoms with Gasteiger partial charge in [-0.3, -0.25) is 9.59 Å². The lowest BCUT2D eigenvalue weighted by Gasteiger charge is -2.29. The molecule has 2 aromatic rings. The molecule has 2 fully saturated rings. The van der Waals surface area contributed by atoms with Gasteiger partial charge in [-0.15, -0.1) is 0 Å². The van der Waals surface area contributed by atoms with Crippen LogP contribution in [0.25, 0.3) is 5.76 Å². The van der Waals surface area contributed by atoms with Crippen LogP contribution in [-0.4, -0.2) is 76.2 Å². The lowest BCUT2D eigenvalue weighted by atomic mass is 9.94. The molecule has 0 radical (unpaired) electrons. The van der Waals surface area contributed by atoms with Crippen LogP contribution < -0.4 is 14.7 Å². The molecule has 190 valence electrons. The molecule has 0 bridgehead atoms. The van der Waals surface area contributed by atoms with Crippen molar-refractivity contribution in [3.8, 4) is 5.75 Å². The minimum Gasteiger partial charge on any atom is -0.872 e. The number of methoxy groups -OCH3 is 2. The third-order valence-corrected chi connectivity index (χ3v) is 6.66. The molecule has 0 aromatic heterocycles. The molecule has 1 atom stereocenters. The monoisotopic (exact) mass is 494 g/mol. The quantitative estimate of drug-likeness (QED) is 0.238. The molecule has 9 heteroatoms. The highest BCUT2D eigenvalue weighted by molar-refractivity contribution is 6.46. The van der Waals surface area contributed by atoms with E-state index < -0.39 is 29.5 Å².